The second-order valence-corrected chi connectivity index (χ2v) is 8.64. The number of hydrogen-bond donors (Lipinski definition) is 0. The minimum atomic E-state index is 0.221. The van der Waals surface area contributed by atoms with Gasteiger partial charge in [0.25, 0.3) is 0 Å². The number of aromatic nitrogens is 1. The highest BCUT2D eigenvalue weighted by molar-refractivity contribution is 9.10. The van der Waals surface area contributed by atoms with Gasteiger partial charge in [-0.25, -0.2) is 0 Å². The van der Waals surface area contributed by atoms with Gasteiger partial charge >= 0.3 is 0 Å². The molecule has 0 bridgehead atoms. The monoisotopic (exact) mass is 463 g/mol. The first-order valence-electron chi connectivity index (χ1n) is 10.2. The normalized spacial score (nSPS) is 16.3. The molecule has 1 heterocycles. The smallest absolute Gasteiger partial charge is 0.101 e. The predicted octanol–water partition coefficient (Wildman–Crippen LogP) is 7.29. The van der Waals surface area contributed by atoms with Crippen molar-refractivity contribution in [1.29, 1.82) is 10.5 Å². The fourth-order valence-electron chi connectivity index (χ4n) is 4.60. The largest absolute Gasteiger partial charge is 0.308 e. The Morgan fingerprint density at radius 1 is 0.871 bits per heavy atom. The number of allylic oxidation sites excluding steroid dienone is 4. The van der Waals surface area contributed by atoms with Gasteiger partial charge in [-0.15, -0.1) is 0 Å². The number of rotatable bonds is 2. The van der Waals surface area contributed by atoms with Crippen molar-refractivity contribution in [1.82, 2.24) is 4.57 Å². The quantitative estimate of drug-likeness (QED) is 0.313. The van der Waals surface area contributed by atoms with Gasteiger partial charge in [-0.1, -0.05) is 61.5 Å². The highest BCUT2D eigenvalue weighted by atomic mass is 79.9. The van der Waals surface area contributed by atoms with Crippen molar-refractivity contribution in [3.05, 3.63) is 94.0 Å². The Balaban J connectivity index is 1.96. The van der Waals surface area contributed by atoms with E-state index in [1.54, 1.807) is 0 Å². The molecule has 0 N–H and O–H groups in total. The summed E-state index contributed by atoms with van der Waals surface area (Å²) in [7, 11) is 0. The second kappa shape index (κ2) is 7.58. The summed E-state index contributed by atoms with van der Waals surface area (Å²) in [5.41, 5.74) is 6.32. The van der Waals surface area contributed by atoms with Gasteiger partial charge in [0.05, 0.1) is 27.9 Å². The third kappa shape index (κ3) is 3.00. The summed E-state index contributed by atoms with van der Waals surface area (Å²) >= 11 is 3.66. The highest BCUT2D eigenvalue weighted by Gasteiger charge is 2.27. The lowest BCUT2D eigenvalue weighted by Gasteiger charge is -2.25. The van der Waals surface area contributed by atoms with E-state index in [0.717, 1.165) is 49.5 Å². The van der Waals surface area contributed by atoms with Crippen LogP contribution in [-0.4, -0.2) is 4.57 Å². The SMILES string of the molecule is CC1C=C(C#N)C(n2c3ccccc3c3ccccc32)=C(c2cccc(C#N)c2Br)C1. The Morgan fingerprint density at radius 2 is 1.52 bits per heavy atom. The van der Waals surface area contributed by atoms with Crippen LogP contribution in [0.1, 0.15) is 24.5 Å². The lowest BCUT2D eigenvalue weighted by molar-refractivity contribution is 0.743. The summed E-state index contributed by atoms with van der Waals surface area (Å²) in [6.07, 6.45) is 2.85. The van der Waals surface area contributed by atoms with Crippen molar-refractivity contribution in [3.8, 4) is 12.1 Å². The molecule has 31 heavy (non-hydrogen) atoms. The first-order chi connectivity index (χ1) is 15.1. The average Bonchev–Trinajstić information content (AvgIpc) is 3.13. The first-order valence-corrected chi connectivity index (χ1v) is 11.0. The molecule has 0 saturated carbocycles. The Morgan fingerprint density at radius 3 is 2.13 bits per heavy atom. The molecule has 1 atom stereocenters. The minimum Gasteiger partial charge on any atom is -0.308 e. The Kier molecular flexibility index (Phi) is 4.74. The van der Waals surface area contributed by atoms with Gasteiger partial charge in [0.1, 0.15) is 12.1 Å². The molecule has 1 aromatic heterocycles. The zero-order valence-corrected chi connectivity index (χ0v) is 18.5. The van der Waals surface area contributed by atoms with Crippen LogP contribution in [0.25, 0.3) is 33.1 Å². The number of nitrogens with zero attached hydrogens (tertiary/aromatic N) is 3. The maximum absolute atomic E-state index is 10.1. The molecular formula is C27H18BrN3. The molecule has 1 unspecified atom stereocenters. The van der Waals surface area contributed by atoms with Crippen LogP contribution in [0.15, 0.2) is 82.9 Å². The summed E-state index contributed by atoms with van der Waals surface area (Å²) in [4.78, 5) is 0. The number of nitriles is 2. The topological polar surface area (TPSA) is 52.5 Å². The maximum Gasteiger partial charge on any atom is 0.101 e. The van der Waals surface area contributed by atoms with Crippen LogP contribution in [0.5, 0.6) is 0 Å². The van der Waals surface area contributed by atoms with E-state index in [2.05, 4.69) is 69.9 Å². The van der Waals surface area contributed by atoms with Crippen molar-refractivity contribution in [3.63, 3.8) is 0 Å². The molecule has 148 valence electrons. The van der Waals surface area contributed by atoms with Crippen molar-refractivity contribution in [2.24, 2.45) is 5.92 Å². The zero-order chi connectivity index (χ0) is 21.5. The molecular weight excluding hydrogens is 446 g/mol. The molecule has 1 aliphatic carbocycles. The van der Waals surface area contributed by atoms with Crippen LogP contribution in [0, 0.1) is 28.6 Å². The van der Waals surface area contributed by atoms with Crippen LogP contribution >= 0.6 is 15.9 Å². The molecule has 5 rings (SSSR count). The number of halogens is 1. The molecule has 0 aliphatic heterocycles. The zero-order valence-electron chi connectivity index (χ0n) is 16.9. The summed E-state index contributed by atoms with van der Waals surface area (Å²) in [5.74, 6) is 0.221. The Labute approximate surface area is 189 Å². The molecule has 1 aliphatic rings. The Hall–Kier alpha value is -3.60. The molecule has 0 amide bonds. The minimum absolute atomic E-state index is 0.221. The van der Waals surface area contributed by atoms with Crippen LogP contribution in [0.2, 0.25) is 0 Å². The van der Waals surface area contributed by atoms with E-state index in [4.69, 9.17) is 0 Å². The van der Waals surface area contributed by atoms with E-state index in [1.807, 2.05) is 42.5 Å². The highest BCUT2D eigenvalue weighted by Crippen LogP contribution is 2.44. The van der Waals surface area contributed by atoms with E-state index in [9.17, 15) is 10.5 Å². The van der Waals surface area contributed by atoms with E-state index in [0.29, 0.717) is 11.1 Å². The summed E-state index contributed by atoms with van der Waals surface area (Å²) < 4.78 is 2.99. The summed E-state index contributed by atoms with van der Waals surface area (Å²) in [5, 5.41) is 22.0. The standard InChI is InChI=1S/C27H18BrN3/c1-17-13-19(16-30)27(23(14-17)22-10-6-7-18(15-29)26(22)28)31-24-11-4-2-8-20(24)21-9-3-5-12-25(21)31/h2-13,17H,14H2,1H3. The molecule has 4 heteroatoms. The molecule has 0 spiro atoms. The molecule has 0 fully saturated rings. The fourth-order valence-corrected chi connectivity index (χ4v) is 5.19. The van der Waals surface area contributed by atoms with Gasteiger partial charge in [0, 0.05) is 15.2 Å². The van der Waals surface area contributed by atoms with E-state index in [-0.39, 0.29) is 5.92 Å². The molecule has 3 nitrogen and oxygen atoms in total. The van der Waals surface area contributed by atoms with Gasteiger partial charge in [-0.3, -0.25) is 0 Å². The number of hydrogen-bond acceptors (Lipinski definition) is 2. The third-order valence-electron chi connectivity index (χ3n) is 5.89. The molecule has 0 radical (unpaired) electrons. The van der Waals surface area contributed by atoms with Crippen molar-refractivity contribution < 1.29 is 0 Å². The van der Waals surface area contributed by atoms with E-state index in [1.165, 1.54) is 0 Å². The van der Waals surface area contributed by atoms with Gasteiger partial charge < -0.3 is 4.57 Å². The van der Waals surface area contributed by atoms with E-state index < -0.39 is 0 Å². The van der Waals surface area contributed by atoms with Crippen LogP contribution < -0.4 is 0 Å². The summed E-state index contributed by atoms with van der Waals surface area (Å²) in [6, 6.07) is 27.1. The van der Waals surface area contributed by atoms with Gasteiger partial charge in [-0.05, 0) is 57.6 Å². The average molecular weight is 464 g/mol. The first kappa shape index (κ1) is 19.4. The van der Waals surface area contributed by atoms with Crippen LogP contribution in [-0.2, 0) is 0 Å². The number of para-hydroxylation sites is 2. The van der Waals surface area contributed by atoms with Crippen LogP contribution in [0.3, 0.4) is 0 Å². The maximum atomic E-state index is 10.1. The number of fused-ring (bicyclic) bond motifs is 3. The van der Waals surface area contributed by atoms with Crippen molar-refractivity contribution >= 4 is 49.0 Å². The van der Waals surface area contributed by atoms with Gasteiger partial charge in [-0.2, -0.15) is 10.5 Å². The summed E-state index contributed by atoms with van der Waals surface area (Å²) in [6.45, 7) is 2.13. The fraction of sp³-hybridized carbons (Fsp3) is 0.111. The Bertz CT molecular complexity index is 1450. The third-order valence-corrected chi connectivity index (χ3v) is 6.74. The van der Waals surface area contributed by atoms with Crippen molar-refractivity contribution in [2.45, 2.75) is 13.3 Å². The second-order valence-electron chi connectivity index (χ2n) is 7.85. The van der Waals surface area contributed by atoms with E-state index >= 15 is 0 Å². The molecule has 3 aromatic carbocycles. The molecule has 4 aromatic rings. The predicted molar refractivity (Wildman–Crippen MR) is 129 cm³/mol. The lowest BCUT2D eigenvalue weighted by atomic mass is 9.85. The van der Waals surface area contributed by atoms with Crippen molar-refractivity contribution in [2.75, 3.05) is 0 Å². The van der Waals surface area contributed by atoms with Crippen LogP contribution in [0.4, 0.5) is 0 Å². The van der Waals surface area contributed by atoms with Gasteiger partial charge in [0.2, 0.25) is 0 Å². The lowest BCUT2D eigenvalue weighted by Crippen LogP contribution is -2.11. The molecule has 0 saturated heterocycles. The number of benzene rings is 3. The van der Waals surface area contributed by atoms with Gasteiger partial charge in [0.15, 0.2) is 0 Å².